The zero-order valence-corrected chi connectivity index (χ0v) is 16.8. The number of piperidine rings is 1. The van der Waals surface area contributed by atoms with E-state index in [-0.39, 0.29) is 5.02 Å². The van der Waals surface area contributed by atoms with Gasteiger partial charge in [0.05, 0.1) is 22.5 Å². The van der Waals surface area contributed by atoms with E-state index >= 15 is 0 Å². The number of nitrogens with one attached hydrogen (secondary N) is 1. The Hall–Kier alpha value is -1.85. The van der Waals surface area contributed by atoms with E-state index in [1.54, 1.807) is 0 Å². The first-order valence-corrected chi connectivity index (χ1v) is 10.5. The van der Waals surface area contributed by atoms with Crippen LogP contribution in [0.2, 0.25) is 5.02 Å². The first kappa shape index (κ1) is 22.4. The Kier molecular flexibility index (Phi) is 6.94. The number of carbonyl (C=O) groups is 1. The minimum Gasteiger partial charge on any atom is -0.306 e. The van der Waals surface area contributed by atoms with Gasteiger partial charge in [0, 0.05) is 31.6 Å². The van der Waals surface area contributed by atoms with Crippen LogP contribution < -0.4 is 9.73 Å². The lowest BCUT2D eigenvalue weighted by Gasteiger charge is -2.24. The molecule has 0 bridgehead atoms. The molecular formula is C16H20ClF3N4O3S. The number of nitrogens with zero attached hydrogens (tertiary/aromatic N) is 3. The fourth-order valence-corrected chi connectivity index (χ4v) is 3.69. The molecule has 7 nitrogen and oxygen atoms in total. The predicted molar refractivity (Wildman–Crippen MR) is 101 cm³/mol. The number of amides is 1. The van der Waals surface area contributed by atoms with Crippen LogP contribution in [-0.4, -0.2) is 57.9 Å². The van der Waals surface area contributed by atoms with Gasteiger partial charge in [0.1, 0.15) is 6.54 Å². The highest BCUT2D eigenvalue weighted by atomic mass is 35.5. The molecule has 2 rings (SSSR count). The van der Waals surface area contributed by atoms with E-state index in [1.807, 2.05) is 7.05 Å². The Bertz CT molecular complexity index is 864. The number of sulfonamides is 1. The van der Waals surface area contributed by atoms with Crippen molar-refractivity contribution in [3.8, 4) is 0 Å². The van der Waals surface area contributed by atoms with Crippen molar-refractivity contribution >= 4 is 38.9 Å². The number of hydrogen-bond donors (Lipinski definition) is 1. The fourth-order valence-electron chi connectivity index (χ4n) is 2.56. The average Bonchev–Trinajstić information content (AvgIpc) is 2.58. The molecule has 0 atom stereocenters. The minimum atomic E-state index is -4.69. The Morgan fingerprint density at radius 1 is 1.32 bits per heavy atom. The van der Waals surface area contributed by atoms with Crippen molar-refractivity contribution in [3.05, 3.63) is 28.8 Å². The van der Waals surface area contributed by atoms with Gasteiger partial charge in [0.15, 0.2) is 0 Å². The van der Waals surface area contributed by atoms with Crippen LogP contribution in [0.4, 0.5) is 18.9 Å². The van der Waals surface area contributed by atoms with Crippen LogP contribution in [0.25, 0.3) is 0 Å². The van der Waals surface area contributed by atoms with Gasteiger partial charge in [-0.3, -0.25) is 9.10 Å². The molecule has 12 heteroatoms. The first-order chi connectivity index (χ1) is 12.9. The number of rotatable bonds is 5. The highest BCUT2D eigenvalue weighted by Gasteiger charge is 2.33. The molecule has 1 fully saturated rings. The maximum Gasteiger partial charge on any atom is 0.416 e. The molecule has 156 valence electrons. The molecular weight excluding hydrogens is 421 g/mol. The van der Waals surface area contributed by atoms with E-state index in [9.17, 15) is 26.4 Å². The van der Waals surface area contributed by atoms with Gasteiger partial charge in [-0.2, -0.15) is 18.3 Å². The summed E-state index contributed by atoms with van der Waals surface area (Å²) in [5, 5.41) is 3.75. The smallest absolute Gasteiger partial charge is 0.306 e. The lowest BCUT2D eigenvalue weighted by Crippen LogP contribution is -2.40. The number of hydrogen-bond acceptors (Lipinski definition) is 5. The topological polar surface area (TPSA) is 82.1 Å². The molecule has 1 amide bonds. The lowest BCUT2D eigenvalue weighted by molar-refractivity contribution is -0.137. The van der Waals surface area contributed by atoms with Gasteiger partial charge in [-0.15, -0.1) is 0 Å². The highest BCUT2D eigenvalue weighted by molar-refractivity contribution is 7.92. The molecule has 1 saturated heterocycles. The number of likely N-dealkylation sites (tertiary alicyclic amines) is 1. The highest BCUT2D eigenvalue weighted by Crippen LogP contribution is 2.36. The number of hydrazone groups is 1. The Morgan fingerprint density at radius 2 is 1.93 bits per heavy atom. The number of halogens is 4. The van der Waals surface area contributed by atoms with Crippen molar-refractivity contribution in [2.75, 3.05) is 37.2 Å². The van der Waals surface area contributed by atoms with Gasteiger partial charge in [0.25, 0.3) is 5.91 Å². The number of anilines is 1. The quantitative estimate of drug-likeness (QED) is 0.712. The van der Waals surface area contributed by atoms with E-state index in [0.717, 1.165) is 37.2 Å². The number of alkyl halides is 3. The summed E-state index contributed by atoms with van der Waals surface area (Å²) < 4.78 is 63.6. The van der Waals surface area contributed by atoms with Crippen molar-refractivity contribution in [2.45, 2.75) is 19.0 Å². The van der Waals surface area contributed by atoms with Crippen LogP contribution in [-0.2, 0) is 21.0 Å². The second-order valence-corrected chi connectivity index (χ2v) is 8.76. The van der Waals surface area contributed by atoms with E-state index in [2.05, 4.69) is 15.4 Å². The number of benzene rings is 1. The van der Waals surface area contributed by atoms with Gasteiger partial charge in [-0.05, 0) is 25.2 Å². The van der Waals surface area contributed by atoms with Gasteiger partial charge in [-0.1, -0.05) is 11.6 Å². The second-order valence-electron chi connectivity index (χ2n) is 6.45. The standard InChI is InChI=1S/C16H20ClF3N4O3S/c1-23-7-5-12(6-8-23)21-22-15(25)10-24(28(2,26)27)14-9-11(16(18,19)20)3-4-13(14)17/h3-4,9H,5-8,10H2,1-2H3,(H,22,25). The van der Waals surface area contributed by atoms with Crippen LogP contribution in [0.5, 0.6) is 0 Å². The maximum absolute atomic E-state index is 13.0. The van der Waals surface area contributed by atoms with Crippen LogP contribution in [0, 0.1) is 0 Å². The van der Waals surface area contributed by atoms with E-state index in [0.29, 0.717) is 23.2 Å². The van der Waals surface area contributed by atoms with E-state index < -0.39 is 39.9 Å². The summed E-state index contributed by atoms with van der Waals surface area (Å²) in [7, 11) is -2.13. The van der Waals surface area contributed by atoms with Crippen molar-refractivity contribution in [3.63, 3.8) is 0 Å². The molecule has 0 aromatic heterocycles. The average molecular weight is 441 g/mol. The van der Waals surface area contributed by atoms with Crippen LogP contribution in [0.1, 0.15) is 18.4 Å². The summed E-state index contributed by atoms with van der Waals surface area (Å²) in [5.41, 5.74) is 1.52. The monoisotopic (exact) mass is 440 g/mol. The Morgan fingerprint density at radius 3 is 2.46 bits per heavy atom. The molecule has 0 spiro atoms. The van der Waals surface area contributed by atoms with Gasteiger partial charge in [-0.25, -0.2) is 13.8 Å². The van der Waals surface area contributed by atoms with Crippen LogP contribution in [0.15, 0.2) is 23.3 Å². The van der Waals surface area contributed by atoms with E-state index in [4.69, 9.17) is 11.6 Å². The fraction of sp³-hybridized carbons (Fsp3) is 0.500. The lowest BCUT2D eigenvalue weighted by atomic mass is 10.1. The molecule has 1 aliphatic rings. The van der Waals surface area contributed by atoms with Crippen molar-refractivity contribution in [1.29, 1.82) is 0 Å². The Balaban J connectivity index is 2.21. The SMILES string of the molecule is CN1CCC(=NNC(=O)CN(c2cc(C(F)(F)F)ccc2Cl)S(C)(=O)=O)CC1. The summed E-state index contributed by atoms with van der Waals surface area (Å²) in [6.45, 7) is 0.810. The summed E-state index contributed by atoms with van der Waals surface area (Å²) >= 11 is 5.91. The molecule has 0 unspecified atom stereocenters. The van der Waals surface area contributed by atoms with Gasteiger partial charge >= 0.3 is 6.18 Å². The first-order valence-electron chi connectivity index (χ1n) is 8.25. The largest absolute Gasteiger partial charge is 0.416 e. The van der Waals surface area contributed by atoms with E-state index in [1.165, 1.54) is 0 Å². The minimum absolute atomic E-state index is 0.229. The summed E-state index contributed by atoms with van der Waals surface area (Å²) in [4.78, 5) is 14.3. The van der Waals surface area contributed by atoms with Crippen LogP contribution in [0.3, 0.4) is 0 Å². The van der Waals surface area contributed by atoms with Crippen molar-refractivity contribution in [2.24, 2.45) is 5.10 Å². The number of carbonyl (C=O) groups excluding carboxylic acids is 1. The molecule has 1 N–H and O–H groups in total. The van der Waals surface area contributed by atoms with Crippen LogP contribution >= 0.6 is 11.6 Å². The van der Waals surface area contributed by atoms with Gasteiger partial charge < -0.3 is 4.90 Å². The summed E-state index contributed by atoms with van der Waals surface area (Å²) in [5.74, 6) is -0.787. The predicted octanol–water partition coefficient (Wildman–Crippen LogP) is 2.32. The molecule has 28 heavy (non-hydrogen) atoms. The van der Waals surface area contributed by atoms with Gasteiger partial charge in [0.2, 0.25) is 10.0 Å². The van der Waals surface area contributed by atoms with Crippen molar-refractivity contribution < 1.29 is 26.4 Å². The molecule has 1 aromatic rings. The third-order valence-corrected chi connectivity index (χ3v) is 5.58. The Labute approximate surface area is 166 Å². The zero-order valence-electron chi connectivity index (χ0n) is 15.3. The molecule has 0 aliphatic carbocycles. The molecule has 1 aliphatic heterocycles. The second kappa shape index (κ2) is 8.66. The molecule has 1 heterocycles. The zero-order chi connectivity index (χ0) is 21.1. The molecule has 1 aromatic carbocycles. The summed E-state index contributed by atoms with van der Waals surface area (Å²) in [6, 6.07) is 2.27. The third-order valence-electron chi connectivity index (χ3n) is 4.13. The maximum atomic E-state index is 13.0. The molecule has 0 saturated carbocycles. The summed E-state index contributed by atoms with van der Waals surface area (Å²) in [6.07, 6.45) is -2.59. The third kappa shape index (κ3) is 6.08. The van der Waals surface area contributed by atoms with Crippen molar-refractivity contribution in [1.82, 2.24) is 10.3 Å². The molecule has 0 radical (unpaired) electrons. The normalized spacial score (nSPS) is 16.0.